The van der Waals surface area contributed by atoms with E-state index in [4.69, 9.17) is 9.84 Å². The van der Waals surface area contributed by atoms with Crippen LogP contribution in [0.25, 0.3) is 28.0 Å². The third kappa shape index (κ3) is 3.72. The molecule has 0 amide bonds. The minimum absolute atomic E-state index is 0.181. The number of thiazole rings is 1. The van der Waals surface area contributed by atoms with Gasteiger partial charge in [0.25, 0.3) is 11.1 Å². The molecule has 0 radical (unpaired) electrons. The van der Waals surface area contributed by atoms with Gasteiger partial charge in [-0.25, -0.2) is 4.68 Å². The molecule has 5 aromatic rings. The number of aromatic nitrogens is 5. The first-order valence-corrected chi connectivity index (χ1v) is 11.0. The molecule has 164 valence electrons. The minimum Gasteiger partial charge on any atom is -0.496 e. The number of ether oxygens (including phenoxy) is 1. The van der Waals surface area contributed by atoms with Crippen molar-refractivity contribution in [3.63, 3.8) is 0 Å². The predicted octanol–water partition coefficient (Wildman–Crippen LogP) is 2.54. The van der Waals surface area contributed by atoms with Gasteiger partial charge in [-0.3, -0.25) is 9.59 Å². The summed E-state index contributed by atoms with van der Waals surface area (Å²) >= 11 is 1.12. The molecule has 33 heavy (non-hydrogen) atoms. The second-order valence-electron chi connectivity index (χ2n) is 7.51. The van der Waals surface area contributed by atoms with Crippen LogP contribution in [0.3, 0.4) is 0 Å². The van der Waals surface area contributed by atoms with Crippen molar-refractivity contribution < 1.29 is 4.74 Å². The maximum atomic E-state index is 13.0. The highest BCUT2D eigenvalue weighted by molar-refractivity contribution is 7.15. The van der Waals surface area contributed by atoms with Gasteiger partial charge in [-0.05, 0) is 55.8 Å². The van der Waals surface area contributed by atoms with Crippen LogP contribution in [0, 0.1) is 13.8 Å². The Kier molecular flexibility index (Phi) is 5.10. The van der Waals surface area contributed by atoms with Crippen molar-refractivity contribution in [2.75, 3.05) is 7.11 Å². The summed E-state index contributed by atoms with van der Waals surface area (Å²) in [6.45, 7) is 3.51. The molecule has 0 aliphatic rings. The Bertz CT molecular complexity index is 1670. The van der Waals surface area contributed by atoms with E-state index in [1.54, 1.807) is 17.9 Å². The van der Waals surface area contributed by atoms with Crippen molar-refractivity contribution in [2.24, 2.45) is 0 Å². The Morgan fingerprint density at radius 1 is 1.03 bits per heavy atom. The van der Waals surface area contributed by atoms with Crippen molar-refractivity contribution in [1.82, 2.24) is 24.4 Å². The number of rotatable bonds is 4. The first-order valence-electron chi connectivity index (χ1n) is 10.2. The van der Waals surface area contributed by atoms with Gasteiger partial charge in [-0.15, -0.1) is 0 Å². The third-order valence-electron chi connectivity index (χ3n) is 5.26. The van der Waals surface area contributed by atoms with E-state index in [0.29, 0.717) is 10.2 Å². The van der Waals surface area contributed by atoms with Gasteiger partial charge in [0.15, 0.2) is 0 Å². The molecule has 0 atom stereocenters. The van der Waals surface area contributed by atoms with Crippen LogP contribution >= 0.6 is 11.3 Å². The molecule has 2 aromatic carbocycles. The summed E-state index contributed by atoms with van der Waals surface area (Å²) in [4.78, 5) is 29.1. The molecule has 0 saturated heterocycles. The van der Waals surface area contributed by atoms with Gasteiger partial charge in [0.1, 0.15) is 17.1 Å². The lowest BCUT2D eigenvalue weighted by molar-refractivity contribution is 0.412. The molecule has 0 unspecified atom stereocenters. The molecule has 0 aliphatic heterocycles. The van der Waals surface area contributed by atoms with Gasteiger partial charge in [0, 0.05) is 17.3 Å². The zero-order valence-electron chi connectivity index (χ0n) is 18.1. The number of hydrogen-bond acceptors (Lipinski definition) is 7. The summed E-state index contributed by atoms with van der Waals surface area (Å²) < 4.78 is 8.76. The largest absolute Gasteiger partial charge is 0.496 e. The quantitative estimate of drug-likeness (QED) is 0.412. The van der Waals surface area contributed by atoms with E-state index in [-0.39, 0.29) is 16.2 Å². The van der Waals surface area contributed by atoms with Crippen LogP contribution in [0.5, 0.6) is 5.75 Å². The smallest absolute Gasteiger partial charge is 0.295 e. The Morgan fingerprint density at radius 2 is 1.82 bits per heavy atom. The van der Waals surface area contributed by atoms with Gasteiger partial charge in [0.2, 0.25) is 4.96 Å². The fourth-order valence-corrected chi connectivity index (χ4v) is 4.48. The highest BCUT2D eigenvalue weighted by Crippen LogP contribution is 2.28. The number of para-hydroxylation sites is 1. The number of aryl methyl sites for hydroxylation is 2. The van der Waals surface area contributed by atoms with E-state index >= 15 is 0 Å². The Balaban J connectivity index is 1.75. The Hall–Kier alpha value is -4.11. The molecule has 0 aliphatic carbocycles. The lowest BCUT2D eigenvalue weighted by Gasteiger charge is -2.06. The van der Waals surface area contributed by atoms with Crippen LogP contribution in [-0.2, 0) is 0 Å². The van der Waals surface area contributed by atoms with E-state index < -0.39 is 5.56 Å². The van der Waals surface area contributed by atoms with E-state index in [9.17, 15) is 9.59 Å². The van der Waals surface area contributed by atoms with Crippen LogP contribution in [0.4, 0.5) is 0 Å². The molecular weight excluding hydrogens is 438 g/mol. The Morgan fingerprint density at radius 3 is 2.55 bits per heavy atom. The number of nitrogens with zero attached hydrogens (tertiary/aromatic N) is 5. The maximum absolute atomic E-state index is 13.0. The molecule has 0 spiro atoms. The van der Waals surface area contributed by atoms with Crippen molar-refractivity contribution in [2.45, 2.75) is 13.8 Å². The van der Waals surface area contributed by atoms with E-state index in [1.807, 2.05) is 61.7 Å². The van der Waals surface area contributed by atoms with E-state index in [2.05, 4.69) is 10.1 Å². The van der Waals surface area contributed by atoms with Crippen LogP contribution < -0.4 is 20.4 Å². The Labute approximate surface area is 192 Å². The predicted molar refractivity (Wildman–Crippen MR) is 127 cm³/mol. The molecule has 5 rings (SSSR count). The summed E-state index contributed by atoms with van der Waals surface area (Å²) in [6.07, 6.45) is 3.65. The number of hydrogen-bond donors (Lipinski definition) is 0. The second kappa shape index (κ2) is 8.10. The summed E-state index contributed by atoms with van der Waals surface area (Å²) in [5.41, 5.74) is 3.66. The molecule has 0 N–H and O–H groups in total. The normalized spacial score (nSPS) is 11.9. The minimum atomic E-state index is -0.436. The van der Waals surface area contributed by atoms with Gasteiger partial charge >= 0.3 is 0 Å². The van der Waals surface area contributed by atoms with Crippen LogP contribution in [0.15, 0.2) is 64.3 Å². The fourth-order valence-electron chi connectivity index (χ4n) is 3.58. The molecular formula is C24H19N5O3S. The summed E-state index contributed by atoms with van der Waals surface area (Å²) in [5.74, 6) is 0.787. The zero-order chi connectivity index (χ0) is 23.1. The first-order chi connectivity index (χ1) is 15.9. The van der Waals surface area contributed by atoms with Crippen LogP contribution in [0.1, 0.15) is 16.8 Å². The first kappa shape index (κ1) is 20.8. The molecule has 9 heteroatoms. The maximum Gasteiger partial charge on any atom is 0.295 e. The van der Waals surface area contributed by atoms with Crippen LogP contribution in [-0.4, -0.2) is 31.5 Å². The van der Waals surface area contributed by atoms with E-state index in [1.165, 1.54) is 11.4 Å². The standard InChI is InChI=1S/C24H19N5O3S/c1-14-11-16(9-10-19(14)32-3)21-17(13-28(27-21)18-7-5-4-6-8-18)12-20-23(31)29-24(33-20)25-22(30)15(2)26-29/h4-13H,1-3H3/b20-12-. The molecule has 0 fully saturated rings. The van der Waals surface area contributed by atoms with Gasteiger partial charge in [0.05, 0.1) is 17.3 Å². The van der Waals surface area contributed by atoms with Gasteiger partial charge in [-0.1, -0.05) is 29.5 Å². The molecule has 3 aromatic heterocycles. The van der Waals surface area contributed by atoms with Crippen LogP contribution in [0.2, 0.25) is 0 Å². The van der Waals surface area contributed by atoms with Gasteiger partial charge in [-0.2, -0.15) is 19.7 Å². The van der Waals surface area contributed by atoms with Crippen molar-refractivity contribution in [3.8, 4) is 22.7 Å². The second-order valence-corrected chi connectivity index (χ2v) is 8.52. The number of fused-ring (bicyclic) bond motifs is 1. The number of benzene rings is 2. The van der Waals surface area contributed by atoms with Crippen molar-refractivity contribution in [1.29, 1.82) is 0 Å². The van der Waals surface area contributed by atoms with E-state index in [0.717, 1.165) is 39.5 Å². The average molecular weight is 458 g/mol. The lowest BCUT2D eigenvalue weighted by atomic mass is 10.0. The number of methoxy groups -OCH3 is 1. The SMILES string of the molecule is COc1ccc(-c2nn(-c3ccccc3)cc2/C=c2\sc3nc(=O)c(C)nn3c2=O)cc1C. The summed E-state index contributed by atoms with van der Waals surface area (Å²) in [6, 6.07) is 15.6. The van der Waals surface area contributed by atoms with Gasteiger partial charge < -0.3 is 4.74 Å². The molecule has 3 heterocycles. The van der Waals surface area contributed by atoms with Crippen molar-refractivity contribution in [3.05, 3.63) is 96.8 Å². The third-order valence-corrected chi connectivity index (χ3v) is 6.22. The topological polar surface area (TPSA) is 91.4 Å². The summed E-state index contributed by atoms with van der Waals surface area (Å²) in [7, 11) is 1.64. The van der Waals surface area contributed by atoms with Crippen molar-refractivity contribution >= 4 is 22.4 Å². The lowest BCUT2D eigenvalue weighted by Crippen LogP contribution is -2.27. The molecule has 8 nitrogen and oxygen atoms in total. The monoisotopic (exact) mass is 457 g/mol. The highest BCUT2D eigenvalue weighted by atomic mass is 32.1. The zero-order valence-corrected chi connectivity index (χ0v) is 19.0. The highest BCUT2D eigenvalue weighted by Gasteiger charge is 2.14. The summed E-state index contributed by atoms with van der Waals surface area (Å²) in [5, 5.41) is 8.90. The molecule has 0 saturated carbocycles. The fraction of sp³-hybridized carbons (Fsp3) is 0.125. The molecule has 0 bridgehead atoms. The average Bonchev–Trinajstić information content (AvgIpc) is 3.36.